The van der Waals surface area contributed by atoms with Crippen molar-refractivity contribution in [2.75, 3.05) is 5.75 Å². The predicted molar refractivity (Wildman–Crippen MR) is 175 cm³/mol. The van der Waals surface area contributed by atoms with E-state index < -0.39 is 13.9 Å². The molecule has 228 valence electrons. The zero-order chi connectivity index (χ0) is 29.7. The maximum absolute atomic E-state index is 10.9. The van der Waals surface area contributed by atoms with Gasteiger partial charge in [0.25, 0.3) is 0 Å². The first-order valence-electron chi connectivity index (χ1n) is 16.3. The summed E-state index contributed by atoms with van der Waals surface area (Å²) >= 11 is 2.09. The molecule has 0 heterocycles. The zero-order valence-corrected chi connectivity index (χ0v) is 29.2. The van der Waals surface area contributed by atoms with Crippen LogP contribution in [0.3, 0.4) is 0 Å². The largest absolute Gasteiger partial charge is 0.413 e. The highest BCUT2D eigenvalue weighted by Crippen LogP contribution is 2.65. The number of aliphatic hydroxyl groups excluding tert-OH is 1. The number of thioether (sulfide) groups is 1. The van der Waals surface area contributed by atoms with Crippen LogP contribution < -0.4 is 0 Å². The molecule has 7 atom stereocenters. The molecule has 0 aromatic carbocycles. The molecule has 0 radical (unpaired) electrons. The van der Waals surface area contributed by atoms with Gasteiger partial charge in [-0.3, -0.25) is 0 Å². The van der Waals surface area contributed by atoms with Crippen LogP contribution in [0.4, 0.5) is 0 Å². The lowest BCUT2D eigenvalue weighted by molar-refractivity contribution is -0.0417. The van der Waals surface area contributed by atoms with Crippen LogP contribution in [-0.4, -0.2) is 47.3 Å². The highest BCUT2D eigenvalue weighted by molar-refractivity contribution is 8.00. The lowest BCUT2D eigenvalue weighted by Gasteiger charge is -2.58. The Morgan fingerprint density at radius 3 is 2.42 bits per heavy atom. The van der Waals surface area contributed by atoms with Crippen LogP contribution in [0.15, 0.2) is 34.9 Å². The van der Waals surface area contributed by atoms with Gasteiger partial charge in [0.15, 0.2) is 8.32 Å². The summed E-state index contributed by atoms with van der Waals surface area (Å²) in [7, 11) is -1.99. The Labute approximate surface area is 251 Å². The fraction of sp³-hybridized carbons (Fsp3) is 0.829. The van der Waals surface area contributed by atoms with E-state index in [-0.39, 0.29) is 28.1 Å². The molecule has 3 nitrogen and oxygen atoms in total. The van der Waals surface area contributed by atoms with Crippen molar-refractivity contribution >= 4 is 20.1 Å². The lowest BCUT2D eigenvalue weighted by Crippen LogP contribution is -2.57. The van der Waals surface area contributed by atoms with E-state index in [0.29, 0.717) is 17.1 Å². The van der Waals surface area contributed by atoms with Gasteiger partial charge >= 0.3 is 0 Å². The van der Waals surface area contributed by atoms with Gasteiger partial charge in [-0.15, -0.1) is 0 Å². The van der Waals surface area contributed by atoms with E-state index >= 15 is 0 Å². The van der Waals surface area contributed by atoms with Crippen molar-refractivity contribution in [1.29, 1.82) is 0 Å². The molecule has 0 aromatic heterocycles. The Balaban J connectivity index is 1.51. The third kappa shape index (κ3) is 5.77. The minimum atomic E-state index is -1.99. The first-order chi connectivity index (χ1) is 18.5. The Morgan fingerprint density at radius 2 is 1.80 bits per heavy atom. The van der Waals surface area contributed by atoms with E-state index in [9.17, 15) is 10.2 Å². The molecule has 0 aromatic rings. The molecule has 2 saturated carbocycles. The highest BCUT2D eigenvalue weighted by Gasteiger charge is 2.58. The number of fused-ring (bicyclic) bond motifs is 5. The second-order valence-electron chi connectivity index (χ2n) is 15.6. The summed E-state index contributed by atoms with van der Waals surface area (Å²) in [6.07, 6.45) is 16.1. The molecule has 5 heteroatoms. The van der Waals surface area contributed by atoms with Gasteiger partial charge in [0.05, 0.1) is 17.8 Å². The predicted octanol–water partition coefficient (Wildman–Crippen LogP) is 9.22. The van der Waals surface area contributed by atoms with Gasteiger partial charge in [-0.25, -0.2) is 0 Å². The monoisotopic (exact) mass is 588 g/mol. The molecule has 4 aliphatic rings. The number of rotatable bonds is 10. The van der Waals surface area contributed by atoms with Crippen molar-refractivity contribution in [3.05, 3.63) is 34.9 Å². The number of aliphatic hydroxyl groups is 2. The van der Waals surface area contributed by atoms with Crippen LogP contribution >= 0.6 is 11.8 Å². The minimum Gasteiger partial charge on any atom is -0.413 e. The average molecular weight is 589 g/mol. The molecule has 4 aliphatic carbocycles. The summed E-state index contributed by atoms with van der Waals surface area (Å²) in [5, 5.41) is 22.3. The molecule has 40 heavy (non-hydrogen) atoms. The molecule has 0 aliphatic heterocycles. The van der Waals surface area contributed by atoms with Crippen molar-refractivity contribution in [3.8, 4) is 0 Å². The molecule has 2 fully saturated rings. The van der Waals surface area contributed by atoms with Gasteiger partial charge in [0.2, 0.25) is 0 Å². The smallest absolute Gasteiger partial charge is 0.192 e. The van der Waals surface area contributed by atoms with Crippen molar-refractivity contribution in [3.63, 3.8) is 0 Å². The summed E-state index contributed by atoms with van der Waals surface area (Å²) in [5.74, 6) is 2.19. The van der Waals surface area contributed by atoms with Crippen molar-refractivity contribution < 1.29 is 14.6 Å². The Hall–Kier alpha value is -0.333. The average Bonchev–Trinajstić information content (AvgIpc) is 3.23. The first-order valence-corrected chi connectivity index (χ1v) is 20.3. The van der Waals surface area contributed by atoms with Crippen LogP contribution in [0, 0.1) is 22.7 Å². The van der Waals surface area contributed by atoms with Gasteiger partial charge < -0.3 is 14.6 Å². The third-order valence-electron chi connectivity index (χ3n) is 12.4. The molecular weight excluding hydrogens is 529 g/mol. The number of hydrogen-bond acceptors (Lipinski definition) is 4. The van der Waals surface area contributed by atoms with Gasteiger partial charge in [0.1, 0.15) is 0 Å². The SMILES string of the molecule is CCC(O)(CC)CCCS[C@@H](C)C1=CC[C@H]2C3=CC=C4C[C@@H](O)C[C@H](O[Si](C)(C)C(C)(C)C)[C@]4(C)[C@H]3CC[C@]12C. The normalized spacial score (nSPS) is 35.2. The van der Waals surface area contributed by atoms with E-state index in [1.807, 2.05) is 0 Å². The van der Waals surface area contributed by atoms with Crippen LogP contribution in [0.2, 0.25) is 18.1 Å². The lowest BCUT2D eigenvalue weighted by atomic mass is 9.49. The molecular formula is C35H60O3SSi. The van der Waals surface area contributed by atoms with Crippen molar-refractivity contribution in [1.82, 2.24) is 0 Å². The van der Waals surface area contributed by atoms with E-state index in [1.165, 1.54) is 18.4 Å². The standard InChI is InChI=1S/C35H60O3SSi/c1-11-35(37,12-2)19-13-21-39-24(3)28-16-17-29-27-15-14-25-22-26(36)23-31(38-40(9,10)32(4,5)6)34(25,8)30(27)18-20-33(28,29)7/h14-16,24,26,29-31,36-37H,11-13,17-23H2,1-10H3/t24-,26+,29-,30-,31-,33+,34-/m0/s1. The fourth-order valence-corrected chi connectivity index (χ4v) is 10.9. The fourth-order valence-electron chi connectivity index (χ4n) is 8.33. The second-order valence-corrected chi connectivity index (χ2v) is 21.8. The summed E-state index contributed by atoms with van der Waals surface area (Å²) in [4.78, 5) is 0. The van der Waals surface area contributed by atoms with E-state index in [1.54, 1.807) is 11.1 Å². The van der Waals surface area contributed by atoms with Crippen molar-refractivity contribution in [2.45, 2.75) is 154 Å². The quantitative estimate of drug-likeness (QED) is 0.152. The first kappa shape index (κ1) is 32.6. The summed E-state index contributed by atoms with van der Waals surface area (Å²) < 4.78 is 7.20. The zero-order valence-electron chi connectivity index (χ0n) is 27.4. The number of allylic oxidation sites excluding steroid dienone is 4. The van der Waals surface area contributed by atoms with Gasteiger partial charge in [0, 0.05) is 10.7 Å². The van der Waals surface area contributed by atoms with Crippen LogP contribution in [0.25, 0.3) is 0 Å². The molecule has 0 bridgehead atoms. The Kier molecular flexibility index (Phi) is 9.48. The van der Waals surface area contributed by atoms with Gasteiger partial charge in [-0.2, -0.15) is 11.8 Å². The molecule has 0 amide bonds. The van der Waals surface area contributed by atoms with Crippen LogP contribution in [0.5, 0.6) is 0 Å². The van der Waals surface area contributed by atoms with E-state index in [4.69, 9.17) is 4.43 Å². The summed E-state index contributed by atoms with van der Waals surface area (Å²) in [6, 6.07) is 0. The topological polar surface area (TPSA) is 49.7 Å². The minimum absolute atomic E-state index is 0.0291. The van der Waals surface area contributed by atoms with Crippen LogP contribution in [-0.2, 0) is 4.43 Å². The maximum Gasteiger partial charge on any atom is 0.192 e. The molecule has 0 spiro atoms. The maximum atomic E-state index is 10.9. The summed E-state index contributed by atoms with van der Waals surface area (Å²) in [5.41, 5.74) is 4.45. The molecule has 2 N–H and O–H groups in total. The third-order valence-corrected chi connectivity index (χ3v) is 18.2. The van der Waals surface area contributed by atoms with Gasteiger partial charge in [-0.05, 0) is 106 Å². The molecule has 0 saturated heterocycles. The molecule has 4 rings (SSSR count). The second kappa shape index (κ2) is 11.6. The van der Waals surface area contributed by atoms with Crippen molar-refractivity contribution in [2.24, 2.45) is 22.7 Å². The molecule has 0 unspecified atom stereocenters. The Bertz CT molecular complexity index is 1020. The number of hydrogen-bond donors (Lipinski definition) is 2. The van der Waals surface area contributed by atoms with E-state index in [0.717, 1.165) is 50.7 Å². The Morgan fingerprint density at radius 1 is 1.12 bits per heavy atom. The summed E-state index contributed by atoms with van der Waals surface area (Å²) in [6.45, 7) is 23.4. The van der Waals surface area contributed by atoms with Crippen LogP contribution in [0.1, 0.15) is 113 Å². The highest BCUT2D eigenvalue weighted by atomic mass is 32.2. The van der Waals surface area contributed by atoms with Gasteiger partial charge in [-0.1, -0.05) is 83.4 Å². The van der Waals surface area contributed by atoms with E-state index in [2.05, 4.69) is 98.5 Å².